The fourth-order valence-corrected chi connectivity index (χ4v) is 1.80. The van der Waals surface area contributed by atoms with Gasteiger partial charge in [-0.05, 0) is 31.2 Å². The summed E-state index contributed by atoms with van der Waals surface area (Å²) in [5.41, 5.74) is 0.197. The molecule has 0 aliphatic rings. The van der Waals surface area contributed by atoms with Gasteiger partial charge in [-0.15, -0.1) is 0 Å². The minimum absolute atomic E-state index is 0.251. The van der Waals surface area contributed by atoms with Crippen LogP contribution in [0.15, 0.2) is 30.3 Å². The zero-order valence-electron chi connectivity index (χ0n) is 12.6. The second-order valence-electron chi connectivity index (χ2n) is 5.95. The van der Waals surface area contributed by atoms with Crippen LogP contribution in [0.5, 0.6) is 0 Å². The van der Waals surface area contributed by atoms with Crippen molar-refractivity contribution in [3.63, 3.8) is 0 Å². The molecule has 1 aromatic carbocycles. The van der Waals surface area contributed by atoms with Crippen LogP contribution < -0.4 is 10.6 Å². The van der Waals surface area contributed by atoms with Crippen molar-refractivity contribution in [3.05, 3.63) is 35.9 Å². The van der Waals surface area contributed by atoms with Crippen LogP contribution in [0.4, 0.5) is 4.79 Å². The summed E-state index contributed by atoms with van der Waals surface area (Å²) in [7, 11) is 0. The van der Waals surface area contributed by atoms with Crippen molar-refractivity contribution in [1.29, 1.82) is 0 Å². The van der Waals surface area contributed by atoms with Crippen molar-refractivity contribution in [3.8, 4) is 0 Å². The predicted molar refractivity (Wildman–Crippen MR) is 81.4 cm³/mol. The number of carbonyl (C=O) groups excluding carboxylic acids is 1. The van der Waals surface area contributed by atoms with Crippen LogP contribution in [-0.2, 0) is 6.54 Å². The summed E-state index contributed by atoms with van der Waals surface area (Å²) in [5.74, 6) is 0.549. The van der Waals surface area contributed by atoms with Gasteiger partial charge in [0, 0.05) is 13.1 Å². The molecule has 1 rings (SSSR count). The average molecular weight is 278 g/mol. The Morgan fingerprint density at radius 1 is 1.25 bits per heavy atom. The number of hydrogen-bond donors (Lipinski definition) is 3. The fourth-order valence-electron chi connectivity index (χ4n) is 1.80. The van der Waals surface area contributed by atoms with Gasteiger partial charge in [-0.3, -0.25) is 0 Å². The van der Waals surface area contributed by atoms with Crippen LogP contribution in [-0.4, -0.2) is 23.3 Å². The Hall–Kier alpha value is -1.55. The third-order valence-electron chi connectivity index (χ3n) is 3.19. The molecule has 0 aliphatic carbocycles. The van der Waals surface area contributed by atoms with Gasteiger partial charge < -0.3 is 15.7 Å². The molecule has 0 fully saturated rings. The fraction of sp³-hybridized carbons (Fsp3) is 0.562. The molecule has 1 atom stereocenters. The molecule has 0 aliphatic heterocycles. The lowest BCUT2D eigenvalue weighted by molar-refractivity contribution is 0.0476. The summed E-state index contributed by atoms with van der Waals surface area (Å²) >= 11 is 0. The summed E-state index contributed by atoms with van der Waals surface area (Å²) in [4.78, 5) is 11.7. The number of rotatable bonds is 7. The van der Waals surface area contributed by atoms with Crippen molar-refractivity contribution in [2.75, 3.05) is 6.54 Å². The normalized spacial score (nSPS) is 13.8. The first-order valence-electron chi connectivity index (χ1n) is 7.17. The molecule has 0 heterocycles. The average Bonchev–Trinajstić information content (AvgIpc) is 2.42. The van der Waals surface area contributed by atoms with Gasteiger partial charge in [-0.2, -0.15) is 0 Å². The molecule has 0 bridgehead atoms. The molecule has 0 saturated heterocycles. The van der Waals surface area contributed by atoms with Crippen molar-refractivity contribution in [1.82, 2.24) is 10.6 Å². The number of hydrogen-bond acceptors (Lipinski definition) is 2. The first kappa shape index (κ1) is 16.5. The van der Waals surface area contributed by atoms with Crippen LogP contribution in [0.25, 0.3) is 0 Å². The number of urea groups is 1. The Bertz CT molecular complexity index is 402. The van der Waals surface area contributed by atoms with Crippen LogP contribution in [0.1, 0.15) is 39.2 Å². The number of aliphatic hydroxyl groups is 1. The van der Waals surface area contributed by atoms with Crippen LogP contribution in [0, 0.1) is 5.92 Å². The lowest BCUT2D eigenvalue weighted by atomic mass is 9.95. The van der Waals surface area contributed by atoms with Gasteiger partial charge in [-0.1, -0.05) is 44.2 Å². The second kappa shape index (κ2) is 7.90. The van der Waals surface area contributed by atoms with Crippen LogP contribution in [0.3, 0.4) is 0 Å². The molecule has 1 unspecified atom stereocenters. The van der Waals surface area contributed by atoms with Crippen LogP contribution in [0.2, 0.25) is 0 Å². The highest BCUT2D eigenvalue weighted by atomic mass is 16.3. The lowest BCUT2D eigenvalue weighted by Gasteiger charge is -2.24. The van der Waals surface area contributed by atoms with E-state index in [9.17, 15) is 9.90 Å². The Labute approximate surface area is 121 Å². The van der Waals surface area contributed by atoms with E-state index in [0.717, 1.165) is 12.0 Å². The topological polar surface area (TPSA) is 61.4 Å². The summed E-state index contributed by atoms with van der Waals surface area (Å²) < 4.78 is 0. The van der Waals surface area contributed by atoms with Crippen molar-refractivity contribution < 1.29 is 9.90 Å². The van der Waals surface area contributed by atoms with Gasteiger partial charge in [0.2, 0.25) is 0 Å². The van der Waals surface area contributed by atoms with Gasteiger partial charge in [0.05, 0.1) is 5.60 Å². The smallest absolute Gasteiger partial charge is 0.315 e. The molecule has 0 radical (unpaired) electrons. The maximum absolute atomic E-state index is 11.7. The van der Waals surface area contributed by atoms with E-state index >= 15 is 0 Å². The molecule has 0 saturated carbocycles. The van der Waals surface area contributed by atoms with Gasteiger partial charge in [0.1, 0.15) is 0 Å². The Morgan fingerprint density at radius 3 is 2.50 bits per heavy atom. The Morgan fingerprint density at radius 2 is 1.90 bits per heavy atom. The van der Waals surface area contributed by atoms with Crippen molar-refractivity contribution >= 4 is 6.03 Å². The molecule has 3 N–H and O–H groups in total. The minimum atomic E-state index is -0.853. The zero-order chi connectivity index (χ0) is 15.0. The maximum Gasteiger partial charge on any atom is 0.315 e. The zero-order valence-corrected chi connectivity index (χ0v) is 12.6. The van der Waals surface area contributed by atoms with E-state index in [1.54, 1.807) is 6.92 Å². The third-order valence-corrected chi connectivity index (χ3v) is 3.19. The molecule has 112 valence electrons. The summed E-state index contributed by atoms with van der Waals surface area (Å²) in [6, 6.07) is 9.48. The molecule has 20 heavy (non-hydrogen) atoms. The number of amides is 2. The van der Waals surface area contributed by atoms with Gasteiger partial charge in [0.25, 0.3) is 0 Å². The largest absolute Gasteiger partial charge is 0.388 e. The first-order valence-corrected chi connectivity index (χ1v) is 7.17. The quantitative estimate of drug-likeness (QED) is 0.718. The molecule has 1 aromatic rings. The molecular formula is C16H26N2O2. The number of nitrogens with one attached hydrogen (secondary N) is 2. The molecule has 4 heteroatoms. The highest BCUT2D eigenvalue weighted by molar-refractivity contribution is 5.73. The Balaban J connectivity index is 2.25. The monoisotopic (exact) mass is 278 g/mol. The van der Waals surface area contributed by atoms with E-state index in [1.807, 2.05) is 30.3 Å². The van der Waals surface area contributed by atoms with Gasteiger partial charge >= 0.3 is 6.03 Å². The van der Waals surface area contributed by atoms with Crippen molar-refractivity contribution in [2.45, 2.75) is 45.8 Å². The molecule has 4 nitrogen and oxygen atoms in total. The first-order chi connectivity index (χ1) is 9.39. The Kier molecular flexibility index (Phi) is 6.52. The predicted octanol–water partition coefficient (Wildman–Crippen LogP) is 2.67. The lowest BCUT2D eigenvalue weighted by Crippen LogP contribution is -2.44. The van der Waals surface area contributed by atoms with Gasteiger partial charge in [-0.25, -0.2) is 4.79 Å². The standard InChI is InChI=1S/C16H26N2O2/c1-13(2)9-10-16(3,20)12-18-15(19)17-11-14-7-5-4-6-8-14/h4-8,13,20H,9-12H2,1-3H3,(H2,17,18,19). The highest BCUT2D eigenvalue weighted by Gasteiger charge is 2.21. The van der Waals surface area contributed by atoms with E-state index < -0.39 is 5.60 Å². The van der Waals surface area contributed by atoms with Crippen LogP contribution >= 0.6 is 0 Å². The maximum atomic E-state index is 11.7. The second-order valence-corrected chi connectivity index (χ2v) is 5.95. The van der Waals surface area contributed by atoms with E-state index in [2.05, 4.69) is 24.5 Å². The van der Waals surface area contributed by atoms with Gasteiger partial charge in [0.15, 0.2) is 0 Å². The summed E-state index contributed by atoms with van der Waals surface area (Å²) in [5, 5.41) is 15.6. The highest BCUT2D eigenvalue weighted by Crippen LogP contribution is 2.15. The van der Waals surface area contributed by atoms with E-state index in [0.29, 0.717) is 18.9 Å². The van der Waals surface area contributed by atoms with E-state index in [1.165, 1.54) is 0 Å². The molecule has 0 spiro atoms. The molecule has 0 aromatic heterocycles. The molecular weight excluding hydrogens is 252 g/mol. The summed E-state index contributed by atoms with van der Waals surface area (Å²) in [6.07, 6.45) is 1.63. The van der Waals surface area contributed by atoms with E-state index in [-0.39, 0.29) is 12.6 Å². The third kappa shape index (κ3) is 7.14. The summed E-state index contributed by atoms with van der Waals surface area (Å²) in [6.45, 7) is 6.75. The number of benzene rings is 1. The van der Waals surface area contributed by atoms with Crippen molar-refractivity contribution in [2.24, 2.45) is 5.92 Å². The number of carbonyl (C=O) groups is 1. The SMILES string of the molecule is CC(C)CCC(C)(O)CNC(=O)NCc1ccccc1. The minimum Gasteiger partial charge on any atom is -0.388 e. The molecule has 2 amide bonds. The van der Waals surface area contributed by atoms with E-state index in [4.69, 9.17) is 0 Å².